The van der Waals surface area contributed by atoms with E-state index in [1.807, 2.05) is 20.8 Å². The number of hydrogen-bond donors (Lipinski definition) is 1. The fourth-order valence-corrected chi connectivity index (χ4v) is 0.903. The van der Waals surface area contributed by atoms with E-state index in [1.54, 1.807) is 4.90 Å². The van der Waals surface area contributed by atoms with E-state index in [-0.39, 0.29) is 18.2 Å². The molecule has 13 heavy (non-hydrogen) atoms. The molecule has 0 aromatic heterocycles. The van der Waals surface area contributed by atoms with Gasteiger partial charge in [0.25, 0.3) is 0 Å². The summed E-state index contributed by atoms with van der Waals surface area (Å²) in [6, 6.07) is 0. The van der Waals surface area contributed by atoms with Crippen molar-refractivity contribution in [2.24, 2.45) is 11.7 Å². The van der Waals surface area contributed by atoms with E-state index in [0.29, 0.717) is 13.1 Å². The molecule has 0 spiro atoms. The van der Waals surface area contributed by atoms with Crippen molar-refractivity contribution < 1.29 is 9.59 Å². The Balaban J connectivity index is 3.97. The molecule has 1 amide bonds. The minimum Gasteiger partial charge on any atom is -0.369 e. The van der Waals surface area contributed by atoms with Gasteiger partial charge in [-0.2, -0.15) is 0 Å². The molecule has 0 aromatic carbocycles. The highest BCUT2D eigenvalue weighted by Crippen LogP contribution is 1.97. The number of rotatable bonds is 6. The number of amides is 1. The number of primary amides is 1. The molecule has 2 N–H and O–H groups in total. The molecule has 0 saturated carbocycles. The predicted molar refractivity (Wildman–Crippen MR) is 51.2 cm³/mol. The molecule has 0 rings (SSSR count). The molecule has 0 aliphatic rings. The summed E-state index contributed by atoms with van der Waals surface area (Å²) in [6.07, 6.45) is 0. The second kappa shape index (κ2) is 5.70. The van der Waals surface area contributed by atoms with Gasteiger partial charge >= 0.3 is 0 Å². The Morgan fingerprint density at radius 3 is 2.15 bits per heavy atom. The van der Waals surface area contributed by atoms with Gasteiger partial charge in [0.15, 0.2) is 0 Å². The Bertz CT molecular complexity index is 190. The van der Waals surface area contributed by atoms with E-state index in [1.165, 1.54) is 0 Å². The first-order chi connectivity index (χ1) is 5.97. The summed E-state index contributed by atoms with van der Waals surface area (Å²) in [7, 11) is 0. The van der Waals surface area contributed by atoms with Crippen LogP contribution in [0.3, 0.4) is 0 Å². The lowest BCUT2D eigenvalue weighted by molar-refractivity contribution is -0.124. The van der Waals surface area contributed by atoms with E-state index < -0.39 is 5.91 Å². The number of ketones is 1. The molecule has 0 fully saturated rings. The predicted octanol–water partition coefficient (Wildman–Crippen LogP) is 0.0187. The number of nitrogens with zero attached hydrogens (tertiary/aromatic N) is 1. The Hall–Kier alpha value is -0.900. The zero-order chi connectivity index (χ0) is 10.4. The minimum absolute atomic E-state index is 0.0157. The maximum absolute atomic E-state index is 11.3. The molecule has 0 aromatic rings. The van der Waals surface area contributed by atoms with Crippen LogP contribution in [-0.2, 0) is 9.59 Å². The third-order valence-corrected chi connectivity index (χ3v) is 1.85. The molecule has 0 unspecified atom stereocenters. The molecule has 4 heteroatoms. The van der Waals surface area contributed by atoms with Crippen LogP contribution in [0.5, 0.6) is 0 Å². The Morgan fingerprint density at radius 1 is 1.31 bits per heavy atom. The summed E-state index contributed by atoms with van der Waals surface area (Å²) in [5.41, 5.74) is 5.03. The average Bonchev–Trinajstić information content (AvgIpc) is 2.02. The summed E-state index contributed by atoms with van der Waals surface area (Å²) < 4.78 is 0. The molecule has 0 aliphatic heterocycles. The van der Waals surface area contributed by atoms with Crippen molar-refractivity contribution in [2.75, 3.05) is 19.6 Å². The first-order valence-corrected chi connectivity index (χ1v) is 4.50. The molecular formula is C9H18N2O2. The topological polar surface area (TPSA) is 63.4 Å². The van der Waals surface area contributed by atoms with Crippen molar-refractivity contribution >= 4 is 11.7 Å². The van der Waals surface area contributed by atoms with Gasteiger partial charge in [0.2, 0.25) is 5.91 Å². The zero-order valence-corrected chi connectivity index (χ0v) is 8.54. The standard InChI is InChI=1S/C9H18N2O2/c1-4-11(6-9(10)13)5-8(12)7(2)3/h7H,4-6H2,1-3H3,(H2,10,13). The quantitative estimate of drug-likeness (QED) is 0.636. The molecule has 0 atom stereocenters. The fraction of sp³-hybridized carbons (Fsp3) is 0.778. The van der Waals surface area contributed by atoms with Crippen molar-refractivity contribution in [1.29, 1.82) is 0 Å². The van der Waals surface area contributed by atoms with E-state index in [0.717, 1.165) is 0 Å². The lowest BCUT2D eigenvalue weighted by Gasteiger charge is -2.18. The molecule has 4 nitrogen and oxygen atoms in total. The lowest BCUT2D eigenvalue weighted by Crippen LogP contribution is -2.38. The van der Waals surface area contributed by atoms with Gasteiger partial charge < -0.3 is 5.73 Å². The summed E-state index contributed by atoms with van der Waals surface area (Å²) in [5.74, 6) is -0.233. The smallest absolute Gasteiger partial charge is 0.231 e. The Morgan fingerprint density at radius 2 is 1.85 bits per heavy atom. The van der Waals surface area contributed by atoms with E-state index in [2.05, 4.69) is 0 Å². The molecular weight excluding hydrogens is 168 g/mol. The summed E-state index contributed by atoms with van der Waals surface area (Å²) in [6.45, 7) is 6.74. The highest BCUT2D eigenvalue weighted by atomic mass is 16.1. The number of hydrogen-bond acceptors (Lipinski definition) is 3. The number of Topliss-reactive ketones (excluding diaryl/α,β-unsaturated/α-hetero) is 1. The number of likely N-dealkylation sites (N-methyl/N-ethyl adjacent to an activating group) is 1. The third-order valence-electron chi connectivity index (χ3n) is 1.85. The van der Waals surface area contributed by atoms with Gasteiger partial charge in [-0.25, -0.2) is 0 Å². The molecule has 0 saturated heterocycles. The fourth-order valence-electron chi connectivity index (χ4n) is 0.903. The van der Waals surface area contributed by atoms with Crippen LogP contribution in [0.2, 0.25) is 0 Å². The normalized spacial score (nSPS) is 10.8. The van der Waals surface area contributed by atoms with Gasteiger partial charge in [0.1, 0.15) is 5.78 Å². The van der Waals surface area contributed by atoms with Gasteiger partial charge in [0, 0.05) is 5.92 Å². The van der Waals surface area contributed by atoms with Crippen molar-refractivity contribution in [3.8, 4) is 0 Å². The molecule has 0 aliphatic carbocycles. The number of carbonyl (C=O) groups is 2. The second-order valence-electron chi connectivity index (χ2n) is 3.39. The maximum atomic E-state index is 11.3. The Kier molecular flexibility index (Phi) is 5.30. The third kappa shape index (κ3) is 5.36. The van der Waals surface area contributed by atoms with Crippen LogP contribution in [-0.4, -0.2) is 36.2 Å². The van der Waals surface area contributed by atoms with E-state index in [4.69, 9.17) is 5.73 Å². The van der Waals surface area contributed by atoms with Crippen LogP contribution in [0, 0.1) is 5.92 Å². The van der Waals surface area contributed by atoms with Crippen LogP contribution in [0.1, 0.15) is 20.8 Å². The molecule has 76 valence electrons. The van der Waals surface area contributed by atoms with Crippen LogP contribution in [0.4, 0.5) is 0 Å². The summed E-state index contributed by atoms with van der Waals surface area (Å²) >= 11 is 0. The molecule has 0 radical (unpaired) electrons. The van der Waals surface area contributed by atoms with Crippen molar-refractivity contribution in [1.82, 2.24) is 4.90 Å². The minimum atomic E-state index is -0.390. The SMILES string of the molecule is CCN(CC(N)=O)CC(=O)C(C)C. The van der Waals surface area contributed by atoms with Gasteiger partial charge in [0.05, 0.1) is 13.1 Å². The van der Waals surface area contributed by atoms with Crippen molar-refractivity contribution in [2.45, 2.75) is 20.8 Å². The first-order valence-electron chi connectivity index (χ1n) is 4.50. The van der Waals surface area contributed by atoms with Crippen LogP contribution >= 0.6 is 0 Å². The number of carbonyl (C=O) groups excluding carboxylic acids is 2. The molecule has 0 bridgehead atoms. The second-order valence-corrected chi connectivity index (χ2v) is 3.39. The highest BCUT2D eigenvalue weighted by Gasteiger charge is 2.13. The van der Waals surface area contributed by atoms with Crippen LogP contribution in [0.15, 0.2) is 0 Å². The Labute approximate surface area is 79.1 Å². The van der Waals surface area contributed by atoms with Gasteiger partial charge in [-0.3, -0.25) is 14.5 Å². The highest BCUT2D eigenvalue weighted by molar-refractivity contribution is 5.83. The molecule has 0 heterocycles. The largest absolute Gasteiger partial charge is 0.369 e. The van der Waals surface area contributed by atoms with Gasteiger partial charge in [-0.15, -0.1) is 0 Å². The van der Waals surface area contributed by atoms with Crippen LogP contribution in [0.25, 0.3) is 0 Å². The zero-order valence-electron chi connectivity index (χ0n) is 8.54. The van der Waals surface area contributed by atoms with Crippen molar-refractivity contribution in [3.63, 3.8) is 0 Å². The first kappa shape index (κ1) is 12.1. The summed E-state index contributed by atoms with van der Waals surface area (Å²) in [4.78, 5) is 23.6. The summed E-state index contributed by atoms with van der Waals surface area (Å²) in [5, 5.41) is 0. The van der Waals surface area contributed by atoms with Crippen LogP contribution < -0.4 is 5.73 Å². The van der Waals surface area contributed by atoms with E-state index >= 15 is 0 Å². The average molecular weight is 186 g/mol. The van der Waals surface area contributed by atoms with Gasteiger partial charge in [-0.05, 0) is 6.54 Å². The lowest BCUT2D eigenvalue weighted by atomic mass is 10.1. The number of nitrogens with two attached hydrogens (primary N) is 1. The van der Waals surface area contributed by atoms with Crippen molar-refractivity contribution in [3.05, 3.63) is 0 Å². The van der Waals surface area contributed by atoms with E-state index in [9.17, 15) is 9.59 Å². The maximum Gasteiger partial charge on any atom is 0.231 e. The monoisotopic (exact) mass is 186 g/mol. The van der Waals surface area contributed by atoms with Gasteiger partial charge in [-0.1, -0.05) is 20.8 Å².